The maximum Gasteiger partial charge on any atom is 0.343 e. The number of aromatic nitrogens is 1. The fourth-order valence-electron chi connectivity index (χ4n) is 2.62. The van der Waals surface area contributed by atoms with Gasteiger partial charge in [0, 0.05) is 17.9 Å². The molecule has 0 bridgehead atoms. The lowest BCUT2D eigenvalue weighted by atomic mass is 10.1. The van der Waals surface area contributed by atoms with Crippen molar-refractivity contribution in [3.63, 3.8) is 0 Å². The molecule has 19 heavy (non-hydrogen) atoms. The van der Waals surface area contributed by atoms with Crippen molar-refractivity contribution < 1.29 is 9.53 Å². The molecule has 4 nitrogen and oxygen atoms in total. The van der Waals surface area contributed by atoms with Gasteiger partial charge >= 0.3 is 5.97 Å². The second-order valence-electron chi connectivity index (χ2n) is 4.64. The number of rotatable bonds is 4. The number of hydrogen-bond acceptors (Lipinski definition) is 3. The van der Waals surface area contributed by atoms with E-state index in [0.717, 1.165) is 43.6 Å². The van der Waals surface area contributed by atoms with Gasteiger partial charge in [-0.3, -0.25) is 4.79 Å². The zero-order chi connectivity index (χ0) is 14.0. The third kappa shape index (κ3) is 2.48. The average Bonchev–Trinajstić information content (AvgIpc) is 2.85. The van der Waals surface area contributed by atoms with Gasteiger partial charge in [-0.15, -0.1) is 0 Å². The fourth-order valence-corrected chi connectivity index (χ4v) is 3.23. The Balaban J connectivity index is 2.67. The molecule has 0 saturated heterocycles. The molecular weight excluding hydrogens is 310 g/mol. The number of carbonyl (C=O) groups excluding carboxylic acids is 1. The highest BCUT2D eigenvalue weighted by Gasteiger charge is 2.27. The van der Waals surface area contributed by atoms with Crippen LogP contribution in [0, 0.1) is 0 Å². The standard InChI is InChI=1S/C14H18BrNO3/c1-3-6-9-11(14(18)19-4-2)13(17)12(15)10-7-5-8-16(9)10/h3-8H2,1-2H3. The lowest BCUT2D eigenvalue weighted by Crippen LogP contribution is -2.26. The van der Waals surface area contributed by atoms with E-state index < -0.39 is 5.97 Å². The SMILES string of the molecule is CCCc1c(C(=O)OCC)c(=O)c(Br)c2n1CCC2. The molecule has 104 valence electrons. The summed E-state index contributed by atoms with van der Waals surface area (Å²) in [5.41, 5.74) is 1.83. The number of esters is 1. The minimum absolute atomic E-state index is 0.209. The Labute approximate surface area is 120 Å². The number of nitrogens with zero attached hydrogens (tertiary/aromatic N) is 1. The summed E-state index contributed by atoms with van der Waals surface area (Å²) in [7, 11) is 0. The van der Waals surface area contributed by atoms with Gasteiger partial charge in [0.15, 0.2) is 0 Å². The van der Waals surface area contributed by atoms with E-state index in [1.165, 1.54) is 0 Å². The van der Waals surface area contributed by atoms with Crippen LogP contribution in [-0.4, -0.2) is 17.1 Å². The van der Waals surface area contributed by atoms with Crippen LogP contribution in [0.3, 0.4) is 0 Å². The fraction of sp³-hybridized carbons (Fsp3) is 0.571. The molecule has 1 aromatic heterocycles. The molecule has 0 radical (unpaired) electrons. The van der Waals surface area contributed by atoms with E-state index >= 15 is 0 Å². The van der Waals surface area contributed by atoms with Crippen molar-refractivity contribution in [1.82, 2.24) is 4.57 Å². The molecular formula is C14H18BrNO3. The van der Waals surface area contributed by atoms with Gasteiger partial charge in [-0.1, -0.05) is 13.3 Å². The summed E-state index contributed by atoms with van der Waals surface area (Å²) < 4.78 is 7.67. The first kappa shape index (κ1) is 14.3. The zero-order valence-corrected chi connectivity index (χ0v) is 12.9. The molecule has 0 saturated carbocycles. The van der Waals surface area contributed by atoms with E-state index in [9.17, 15) is 9.59 Å². The van der Waals surface area contributed by atoms with Gasteiger partial charge < -0.3 is 9.30 Å². The largest absolute Gasteiger partial charge is 0.462 e. The zero-order valence-electron chi connectivity index (χ0n) is 11.3. The normalized spacial score (nSPS) is 13.4. The summed E-state index contributed by atoms with van der Waals surface area (Å²) >= 11 is 3.35. The van der Waals surface area contributed by atoms with E-state index in [1.54, 1.807) is 6.92 Å². The van der Waals surface area contributed by atoms with Crippen LogP contribution in [0.5, 0.6) is 0 Å². The van der Waals surface area contributed by atoms with Gasteiger partial charge in [0.05, 0.1) is 11.1 Å². The topological polar surface area (TPSA) is 48.3 Å². The molecule has 0 aliphatic carbocycles. The Bertz CT molecular complexity index is 563. The van der Waals surface area contributed by atoms with E-state index in [1.807, 2.05) is 6.92 Å². The van der Waals surface area contributed by atoms with Crippen LogP contribution in [0.25, 0.3) is 0 Å². The number of halogens is 1. The summed E-state index contributed by atoms with van der Waals surface area (Å²) in [5.74, 6) is -0.501. The van der Waals surface area contributed by atoms with Crippen molar-refractivity contribution in [2.45, 2.75) is 46.1 Å². The molecule has 0 amide bonds. The van der Waals surface area contributed by atoms with Gasteiger partial charge in [0.1, 0.15) is 5.56 Å². The quantitative estimate of drug-likeness (QED) is 0.799. The Morgan fingerprint density at radius 1 is 1.42 bits per heavy atom. The predicted octanol–water partition coefficient (Wildman–Crippen LogP) is 2.69. The van der Waals surface area contributed by atoms with Gasteiger partial charge in [0.25, 0.3) is 0 Å². The van der Waals surface area contributed by atoms with Crippen LogP contribution in [0.2, 0.25) is 0 Å². The Hall–Kier alpha value is -1.10. The van der Waals surface area contributed by atoms with Crippen LogP contribution in [0.1, 0.15) is 48.4 Å². The van der Waals surface area contributed by atoms with E-state index in [0.29, 0.717) is 4.47 Å². The lowest BCUT2D eigenvalue weighted by molar-refractivity contribution is 0.0522. The van der Waals surface area contributed by atoms with Crippen LogP contribution >= 0.6 is 15.9 Å². The first-order valence-corrected chi connectivity index (χ1v) is 7.52. The first-order valence-electron chi connectivity index (χ1n) is 6.72. The smallest absolute Gasteiger partial charge is 0.343 e. The van der Waals surface area contributed by atoms with E-state index in [2.05, 4.69) is 20.5 Å². The second kappa shape index (κ2) is 5.90. The average molecular weight is 328 g/mol. The highest BCUT2D eigenvalue weighted by molar-refractivity contribution is 9.10. The molecule has 0 N–H and O–H groups in total. The molecule has 0 atom stereocenters. The molecule has 1 aliphatic rings. The number of hydrogen-bond donors (Lipinski definition) is 0. The van der Waals surface area contributed by atoms with Crippen LogP contribution in [0.4, 0.5) is 0 Å². The summed E-state index contributed by atoms with van der Waals surface area (Å²) in [6.45, 7) is 4.94. The summed E-state index contributed by atoms with van der Waals surface area (Å²) in [6.07, 6.45) is 3.52. The molecule has 5 heteroatoms. The van der Waals surface area contributed by atoms with Crippen molar-refractivity contribution in [2.24, 2.45) is 0 Å². The Morgan fingerprint density at radius 3 is 2.79 bits per heavy atom. The number of pyridine rings is 1. The third-order valence-corrected chi connectivity index (χ3v) is 4.20. The molecule has 0 unspecified atom stereocenters. The van der Waals surface area contributed by atoms with E-state index in [-0.39, 0.29) is 17.6 Å². The maximum absolute atomic E-state index is 12.4. The predicted molar refractivity (Wildman–Crippen MR) is 76.7 cm³/mol. The monoisotopic (exact) mass is 327 g/mol. The van der Waals surface area contributed by atoms with Gasteiger partial charge in [-0.05, 0) is 42.1 Å². The van der Waals surface area contributed by atoms with Crippen LogP contribution in [-0.2, 0) is 24.1 Å². The minimum atomic E-state index is -0.501. The Kier molecular flexibility index (Phi) is 4.45. The first-order chi connectivity index (χ1) is 9.11. The van der Waals surface area contributed by atoms with Crippen molar-refractivity contribution in [1.29, 1.82) is 0 Å². The molecule has 1 aromatic rings. The minimum Gasteiger partial charge on any atom is -0.462 e. The molecule has 0 spiro atoms. The molecule has 1 aliphatic heterocycles. The highest BCUT2D eigenvalue weighted by atomic mass is 79.9. The lowest BCUT2D eigenvalue weighted by Gasteiger charge is -2.16. The van der Waals surface area contributed by atoms with Crippen molar-refractivity contribution >= 4 is 21.9 Å². The maximum atomic E-state index is 12.4. The Morgan fingerprint density at radius 2 is 2.16 bits per heavy atom. The van der Waals surface area contributed by atoms with Gasteiger partial charge in [0.2, 0.25) is 5.43 Å². The van der Waals surface area contributed by atoms with Crippen molar-refractivity contribution in [2.75, 3.05) is 6.61 Å². The van der Waals surface area contributed by atoms with Gasteiger partial charge in [-0.2, -0.15) is 0 Å². The number of carbonyl (C=O) groups is 1. The van der Waals surface area contributed by atoms with E-state index in [4.69, 9.17) is 4.74 Å². The molecule has 2 rings (SSSR count). The second-order valence-corrected chi connectivity index (χ2v) is 5.43. The summed E-state index contributed by atoms with van der Waals surface area (Å²) in [4.78, 5) is 24.4. The van der Waals surface area contributed by atoms with Crippen LogP contribution in [0.15, 0.2) is 9.27 Å². The third-order valence-electron chi connectivity index (χ3n) is 3.38. The van der Waals surface area contributed by atoms with Crippen molar-refractivity contribution in [3.8, 4) is 0 Å². The van der Waals surface area contributed by atoms with Crippen molar-refractivity contribution in [3.05, 3.63) is 31.6 Å². The van der Waals surface area contributed by atoms with Crippen LogP contribution < -0.4 is 5.43 Å². The number of ether oxygens (including phenoxy) is 1. The highest BCUT2D eigenvalue weighted by Crippen LogP contribution is 2.26. The summed E-state index contributed by atoms with van der Waals surface area (Å²) in [5, 5.41) is 0. The summed E-state index contributed by atoms with van der Waals surface area (Å²) in [6, 6.07) is 0. The molecule has 2 heterocycles. The molecule has 0 aromatic carbocycles. The van der Waals surface area contributed by atoms with Gasteiger partial charge in [-0.25, -0.2) is 4.79 Å². The number of fused-ring (bicyclic) bond motifs is 1. The molecule has 0 fully saturated rings.